The molecule has 0 radical (unpaired) electrons. The number of thiophene rings is 1. The summed E-state index contributed by atoms with van der Waals surface area (Å²) in [4.78, 5) is 13.9. The van der Waals surface area contributed by atoms with E-state index in [-0.39, 0.29) is 18.5 Å². The minimum absolute atomic E-state index is 0.0860. The van der Waals surface area contributed by atoms with Gasteiger partial charge in [-0.25, -0.2) is 0 Å². The van der Waals surface area contributed by atoms with Gasteiger partial charge in [-0.1, -0.05) is 18.6 Å². The molecular weight excluding hydrogens is 382 g/mol. The van der Waals surface area contributed by atoms with Gasteiger partial charge in [-0.15, -0.1) is 11.3 Å². The van der Waals surface area contributed by atoms with E-state index in [1.807, 2.05) is 12.1 Å². The van der Waals surface area contributed by atoms with Gasteiger partial charge < -0.3 is 15.4 Å². The van der Waals surface area contributed by atoms with Crippen LogP contribution in [0.1, 0.15) is 59.7 Å². The second kappa shape index (κ2) is 8.98. The number of nitrogens with zero attached hydrogens (tertiary/aromatic N) is 1. The summed E-state index contributed by atoms with van der Waals surface area (Å²) in [6, 6.07) is 10.6. The van der Waals surface area contributed by atoms with Crippen LogP contribution in [-0.2, 0) is 17.6 Å². The topological polar surface area (TPSA) is 74.2 Å². The molecule has 5 nitrogen and oxygen atoms in total. The lowest BCUT2D eigenvalue weighted by molar-refractivity contribution is -0.115. The summed E-state index contributed by atoms with van der Waals surface area (Å²) in [5.41, 5.74) is 3.02. The summed E-state index contributed by atoms with van der Waals surface area (Å²) in [5, 5.41) is 16.8. The Hall–Kier alpha value is -2.36. The molecule has 4 rings (SSSR count). The van der Waals surface area contributed by atoms with Crippen molar-refractivity contribution in [2.45, 2.75) is 51.0 Å². The molecule has 1 aromatic heterocycles. The van der Waals surface area contributed by atoms with Crippen molar-refractivity contribution < 1.29 is 9.53 Å². The van der Waals surface area contributed by atoms with Crippen molar-refractivity contribution in [1.29, 1.82) is 5.26 Å². The maximum absolute atomic E-state index is 12.6. The number of carbonyl (C=O) groups excluding carboxylic acids is 1. The summed E-state index contributed by atoms with van der Waals surface area (Å²) in [5.74, 6) is 1.32. The molecule has 2 aliphatic carbocycles. The van der Waals surface area contributed by atoms with Gasteiger partial charge in [0.1, 0.15) is 16.8 Å². The molecular formula is C23H27N3O2S. The van der Waals surface area contributed by atoms with E-state index >= 15 is 0 Å². The van der Waals surface area contributed by atoms with Crippen LogP contribution in [0.3, 0.4) is 0 Å². The van der Waals surface area contributed by atoms with Crippen LogP contribution in [-0.4, -0.2) is 19.6 Å². The highest BCUT2D eigenvalue weighted by molar-refractivity contribution is 7.16. The number of nitriles is 1. The van der Waals surface area contributed by atoms with Crippen LogP contribution in [0.25, 0.3) is 0 Å². The smallest absolute Gasteiger partial charge is 0.238 e. The molecule has 152 valence electrons. The first-order chi connectivity index (χ1) is 14.2. The molecule has 1 heterocycles. The van der Waals surface area contributed by atoms with Gasteiger partial charge in [-0.05, 0) is 67.7 Å². The van der Waals surface area contributed by atoms with Gasteiger partial charge in [0, 0.05) is 10.9 Å². The van der Waals surface area contributed by atoms with Crippen molar-refractivity contribution in [3.63, 3.8) is 0 Å². The summed E-state index contributed by atoms with van der Waals surface area (Å²) >= 11 is 1.59. The number of ether oxygens (including phenoxy) is 1. The highest BCUT2D eigenvalue weighted by atomic mass is 32.1. The minimum atomic E-state index is -0.0860. The number of nitrogens with one attached hydrogen (secondary N) is 2. The van der Waals surface area contributed by atoms with E-state index in [9.17, 15) is 10.1 Å². The fraction of sp³-hybridized carbons (Fsp3) is 0.478. The van der Waals surface area contributed by atoms with E-state index in [4.69, 9.17) is 4.74 Å². The number of fused-ring (bicyclic) bond motifs is 1. The van der Waals surface area contributed by atoms with Gasteiger partial charge in [0.25, 0.3) is 0 Å². The quantitative estimate of drug-likeness (QED) is 0.657. The van der Waals surface area contributed by atoms with Crippen molar-refractivity contribution >= 4 is 22.2 Å². The Labute approximate surface area is 176 Å². The minimum Gasteiger partial charge on any atom is -0.497 e. The number of rotatable bonds is 7. The molecule has 0 saturated heterocycles. The lowest BCUT2D eigenvalue weighted by atomic mass is 10.0. The molecule has 0 aliphatic heterocycles. The predicted molar refractivity (Wildman–Crippen MR) is 115 cm³/mol. The molecule has 1 unspecified atom stereocenters. The van der Waals surface area contributed by atoms with E-state index in [1.165, 1.54) is 29.7 Å². The highest BCUT2D eigenvalue weighted by Gasteiger charge is 2.32. The van der Waals surface area contributed by atoms with E-state index in [0.29, 0.717) is 11.5 Å². The lowest BCUT2D eigenvalue weighted by Gasteiger charge is -2.19. The molecule has 2 aromatic rings. The number of amides is 1. The molecule has 1 aromatic carbocycles. The van der Waals surface area contributed by atoms with Crippen LogP contribution in [0.15, 0.2) is 24.3 Å². The molecule has 1 saturated carbocycles. The summed E-state index contributed by atoms with van der Waals surface area (Å²) in [6.45, 7) is 0.237. The van der Waals surface area contributed by atoms with Crippen LogP contribution < -0.4 is 15.4 Å². The van der Waals surface area contributed by atoms with Gasteiger partial charge in [-0.3, -0.25) is 4.79 Å². The molecule has 6 heteroatoms. The molecule has 2 aliphatic rings. The Balaban J connectivity index is 1.41. The standard InChI is InChI=1S/C23H27N3O2S/c1-28-17-11-9-16(10-12-17)22(15-7-8-15)25-14-21(27)26-23-19(13-24)18-5-3-2-4-6-20(18)29-23/h9-12,15,22,25H,2-8,14H2,1H3,(H,26,27). The first-order valence-corrected chi connectivity index (χ1v) is 11.2. The van der Waals surface area contributed by atoms with Gasteiger partial charge >= 0.3 is 0 Å². The average molecular weight is 410 g/mol. The van der Waals surface area contributed by atoms with Gasteiger partial charge in [0.05, 0.1) is 19.2 Å². The van der Waals surface area contributed by atoms with Crippen LogP contribution in [0.4, 0.5) is 5.00 Å². The zero-order valence-corrected chi connectivity index (χ0v) is 17.6. The average Bonchev–Trinajstić information content (AvgIpc) is 3.55. The van der Waals surface area contributed by atoms with Crippen molar-refractivity contribution in [3.05, 3.63) is 45.8 Å². The highest BCUT2D eigenvalue weighted by Crippen LogP contribution is 2.41. The van der Waals surface area contributed by atoms with Gasteiger partial charge in [-0.2, -0.15) is 5.26 Å². The fourth-order valence-electron chi connectivity index (χ4n) is 4.12. The zero-order valence-electron chi connectivity index (χ0n) is 16.8. The van der Waals surface area contributed by atoms with Crippen molar-refractivity contribution in [2.75, 3.05) is 19.0 Å². The van der Waals surface area contributed by atoms with Crippen LogP contribution in [0.2, 0.25) is 0 Å². The van der Waals surface area contributed by atoms with E-state index < -0.39 is 0 Å². The SMILES string of the molecule is COc1ccc(C(NCC(=O)Nc2sc3c(c2C#N)CCCCC3)C2CC2)cc1. The van der Waals surface area contributed by atoms with Crippen molar-refractivity contribution in [3.8, 4) is 11.8 Å². The summed E-state index contributed by atoms with van der Waals surface area (Å²) in [6.07, 6.45) is 7.83. The Morgan fingerprint density at radius 2 is 2.00 bits per heavy atom. The fourth-order valence-corrected chi connectivity index (χ4v) is 5.38. The Bertz CT molecular complexity index is 909. The van der Waals surface area contributed by atoms with Crippen LogP contribution >= 0.6 is 11.3 Å². The summed E-state index contributed by atoms with van der Waals surface area (Å²) < 4.78 is 5.24. The van der Waals surface area contributed by atoms with Crippen molar-refractivity contribution in [1.82, 2.24) is 5.32 Å². The normalized spacial score (nSPS) is 17.0. The Morgan fingerprint density at radius 1 is 1.24 bits per heavy atom. The lowest BCUT2D eigenvalue weighted by Crippen LogP contribution is -2.32. The maximum atomic E-state index is 12.6. The van der Waals surface area contributed by atoms with E-state index in [0.717, 1.165) is 42.0 Å². The third-order valence-electron chi connectivity index (χ3n) is 5.84. The Morgan fingerprint density at radius 3 is 2.69 bits per heavy atom. The first kappa shape index (κ1) is 19.9. The van der Waals surface area contributed by atoms with Crippen LogP contribution in [0, 0.1) is 17.2 Å². The first-order valence-electron chi connectivity index (χ1n) is 10.4. The number of hydrogen-bond acceptors (Lipinski definition) is 5. The second-order valence-electron chi connectivity index (χ2n) is 7.90. The molecule has 1 fully saturated rings. The zero-order chi connectivity index (χ0) is 20.2. The molecule has 0 bridgehead atoms. The number of hydrogen-bond donors (Lipinski definition) is 2. The Kier molecular flexibility index (Phi) is 6.17. The second-order valence-corrected chi connectivity index (χ2v) is 9.00. The number of anilines is 1. The maximum Gasteiger partial charge on any atom is 0.238 e. The molecule has 2 N–H and O–H groups in total. The monoisotopic (exact) mass is 409 g/mol. The van der Waals surface area contributed by atoms with Gasteiger partial charge in [0.15, 0.2) is 0 Å². The summed E-state index contributed by atoms with van der Waals surface area (Å²) in [7, 11) is 1.66. The van der Waals surface area contributed by atoms with Gasteiger partial charge in [0.2, 0.25) is 5.91 Å². The molecule has 1 amide bonds. The number of carbonyl (C=O) groups is 1. The number of aryl methyl sites for hydroxylation is 1. The predicted octanol–water partition coefficient (Wildman–Crippen LogP) is 4.58. The van der Waals surface area contributed by atoms with Crippen molar-refractivity contribution in [2.24, 2.45) is 5.92 Å². The van der Waals surface area contributed by atoms with E-state index in [1.54, 1.807) is 18.4 Å². The molecule has 0 spiro atoms. The number of benzene rings is 1. The van der Waals surface area contributed by atoms with E-state index in [2.05, 4.69) is 28.8 Å². The number of methoxy groups -OCH3 is 1. The largest absolute Gasteiger partial charge is 0.497 e. The third kappa shape index (κ3) is 4.63. The van der Waals surface area contributed by atoms with Crippen LogP contribution in [0.5, 0.6) is 5.75 Å². The molecule has 29 heavy (non-hydrogen) atoms. The third-order valence-corrected chi connectivity index (χ3v) is 7.04. The molecule has 1 atom stereocenters.